The maximum absolute atomic E-state index is 12.1. The first-order valence-electron chi connectivity index (χ1n) is 8.71. The Morgan fingerprint density at radius 2 is 1.81 bits per heavy atom. The molecule has 144 valence electrons. The Balaban J connectivity index is 1.87. The first-order valence-corrected chi connectivity index (χ1v) is 10.5. The lowest BCUT2D eigenvalue weighted by atomic mass is 10.0. The van der Waals surface area contributed by atoms with Gasteiger partial charge in [-0.3, -0.25) is 4.79 Å². The molecule has 1 fully saturated rings. The van der Waals surface area contributed by atoms with Gasteiger partial charge in [0.25, 0.3) is 5.91 Å². The predicted octanol–water partition coefficient (Wildman–Crippen LogP) is 1.38. The van der Waals surface area contributed by atoms with Crippen molar-refractivity contribution >= 4 is 27.4 Å². The number of nitrogens with one attached hydrogen (secondary N) is 1. The van der Waals surface area contributed by atoms with Crippen LogP contribution in [0.25, 0.3) is 0 Å². The molecule has 1 atom stereocenters. The molecule has 0 aliphatic carbocycles. The number of esters is 1. The largest absolute Gasteiger partial charge is 0.452 e. The van der Waals surface area contributed by atoms with E-state index < -0.39 is 33.9 Å². The van der Waals surface area contributed by atoms with Crippen molar-refractivity contribution in [2.45, 2.75) is 32.7 Å². The quantitative estimate of drug-likeness (QED) is 0.716. The number of carbonyl (C=O) groups excluding carboxylic acids is 2. The second kappa shape index (κ2) is 8.07. The van der Waals surface area contributed by atoms with Crippen molar-refractivity contribution in [2.75, 3.05) is 36.1 Å². The molecule has 26 heavy (non-hydrogen) atoms. The molecular formula is C18H26N2O5S. The predicted molar refractivity (Wildman–Crippen MR) is 100 cm³/mol. The van der Waals surface area contributed by atoms with Gasteiger partial charge in [0.1, 0.15) is 0 Å². The van der Waals surface area contributed by atoms with Gasteiger partial charge in [-0.25, -0.2) is 13.2 Å². The Labute approximate surface area is 154 Å². The second-order valence-electron chi connectivity index (χ2n) is 6.75. The van der Waals surface area contributed by atoms with Gasteiger partial charge in [-0.15, -0.1) is 0 Å². The van der Waals surface area contributed by atoms with E-state index in [1.54, 1.807) is 19.1 Å². The van der Waals surface area contributed by atoms with Gasteiger partial charge in [0, 0.05) is 18.8 Å². The van der Waals surface area contributed by atoms with Gasteiger partial charge in [0.15, 0.2) is 16.4 Å². The summed E-state index contributed by atoms with van der Waals surface area (Å²) in [5.74, 6) is -1.12. The van der Waals surface area contributed by atoms with E-state index in [1.165, 1.54) is 0 Å². The summed E-state index contributed by atoms with van der Waals surface area (Å²) in [7, 11) is -3.12. The third-order valence-electron chi connectivity index (χ3n) is 4.51. The summed E-state index contributed by atoms with van der Waals surface area (Å²) in [6, 6.07) is 7.01. The van der Waals surface area contributed by atoms with Crippen LogP contribution in [0.5, 0.6) is 0 Å². The number of hydrogen-bond acceptors (Lipinski definition) is 6. The van der Waals surface area contributed by atoms with Crippen LogP contribution in [0.2, 0.25) is 0 Å². The van der Waals surface area contributed by atoms with E-state index in [-0.39, 0.29) is 11.5 Å². The number of nitrogens with zero attached hydrogens (tertiary/aromatic N) is 1. The molecule has 8 heteroatoms. The lowest BCUT2D eigenvalue weighted by molar-refractivity contribution is -0.125. The zero-order valence-electron chi connectivity index (χ0n) is 15.4. The molecule has 1 heterocycles. The van der Waals surface area contributed by atoms with Gasteiger partial charge >= 0.3 is 5.97 Å². The molecule has 1 saturated heterocycles. The van der Waals surface area contributed by atoms with Crippen LogP contribution in [0.1, 0.15) is 37.6 Å². The van der Waals surface area contributed by atoms with Crippen molar-refractivity contribution in [3.63, 3.8) is 0 Å². The number of sulfone groups is 1. The van der Waals surface area contributed by atoms with Crippen molar-refractivity contribution in [2.24, 2.45) is 0 Å². The number of benzene rings is 1. The van der Waals surface area contributed by atoms with Crippen molar-refractivity contribution in [1.82, 2.24) is 5.32 Å². The summed E-state index contributed by atoms with van der Waals surface area (Å²) in [6.07, 6.45) is 0.363. The molecule has 1 N–H and O–H groups in total. The van der Waals surface area contributed by atoms with Crippen LogP contribution in [-0.2, 0) is 19.4 Å². The molecule has 7 nitrogen and oxygen atoms in total. The minimum absolute atomic E-state index is 0.0580. The Bertz CT molecular complexity index is 756. The highest BCUT2D eigenvalue weighted by Crippen LogP contribution is 2.22. The van der Waals surface area contributed by atoms with E-state index in [0.717, 1.165) is 18.8 Å². The van der Waals surface area contributed by atoms with E-state index in [2.05, 4.69) is 24.1 Å². The number of ether oxygens (including phenoxy) is 1. The van der Waals surface area contributed by atoms with E-state index in [4.69, 9.17) is 4.74 Å². The third kappa shape index (κ3) is 5.20. The van der Waals surface area contributed by atoms with Gasteiger partial charge in [0.2, 0.25) is 0 Å². The van der Waals surface area contributed by atoms with E-state index >= 15 is 0 Å². The Morgan fingerprint density at radius 1 is 1.19 bits per heavy atom. The highest BCUT2D eigenvalue weighted by molar-refractivity contribution is 7.91. The highest BCUT2D eigenvalue weighted by Gasteiger charge is 2.39. The molecular weight excluding hydrogens is 356 g/mol. The lowest BCUT2D eigenvalue weighted by Crippen LogP contribution is -2.48. The van der Waals surface area contributed by atoms with Crippen LogP contribution in [0.3, 0.4) is 0 Å². The molecule has 0 bridgehead atoms. The fraction of sp³-hybridized carbons (Fsp3) is 0.556. The van der Waals surface area contributed by atoms with Crippen LogP contribution < -0.4 is 10.2 Å². The molecule has 1 amide bonds. The zero-order chi connectivity index (χ0) is 19.4. The van der Waals surface area contributed by atoms with Gasteiger partial charge in [-0.05, 0) is 51.5 Å². The number of carbonyl (C=O) groups is 2. The third-order valence-corrected chi connectivity index (χ3v) is 6.41. The Kier molecular flexibility index (Phi) is 6.28. The number of hydrogen-bond donors (Lipinski definition) is 1. The average molecular weight is 382 g/mol. The van der Waals surface area contributed by atoms with Gasteiger partial charge < -0.3 is 15.0 Å². The summed E-state index contributed by atoms with van der Waals surface area (Å²) in [6.45, 7) is 7.10. The number of anilines is 1. The smallest absolute Gasteiger partial charge is 0.338 e. The van der Waals surface area contributed by atoms with Crippen LogP contribution >= 0.6 is 0 Å². The maximum Gasteiger partial charge on any atom is 0.338 e. The molecule has 0 unspecified atom stereocenters. The first kappa shape index (κ1) is 20.2. The van der Waals surface area contributed by atoms with Crippen molar-refractivity contribution in [3.05, 3.63) is 29.8 Å². The van der Waals surface area contributed by atoms with Gasteiger partial charge in [-0.1, -0.05) is 0 Å². The summed E-state index contributed by atoms with van der Waals surface area (Å²) >= 11 is 0. The zero-order valence-corrected chi connectivity index (χ0v) is 16.3. The summed E-state index contributed by atoms with van der Waals surface area (Å²) in [4.78, 5) is 26.2. The minimum Gasteiger partial charge on any atom is -0.452 e. The summed E-state index contributed by atoms with van der Waals surface area (Å²) in [5.41, 5.74) is 0.580. The Morgan fingerprint density at radius 3 is 2.31 bits per heavy atom. The first-order chi connectivity index (χ1) is 12.2. The van der Waals surface area contributed by atoms with Crippen molar-refractivity contribution in [3.8, 4) is 0 Å². The number of amides is 1. The van der Waals surface area contributed by atoms with Crippen LogP contribution in [-0.4, -0.2) is 57.0 Å². The van der Waals surface area contributed by atoms with E-state index in [1.807, 2.05) is 12.1 Å². The average Bonchev–Trinajstić information content (AvgIpc) is 2.87. The van der Waals surface area contributed by atoms with Gasteiger partial charge in [-0.2, -0.15) is 0 Å². The van der Waals surface area contributed by atoms with Crippen LogP contribution in [0.4, 0.5) is 5.69 Å². The van der Waals surface area contributed by atoms with Gasteiger partial charge in [0.05, 0.1) is 22.6 Å². The summed E-state index contributed by atoms with van der Waals surface area (Å²) in [5, 5.41) is 2.65. The molecule has 1 aromatic carbocycles. The van der Waals surface area contributed by atoms with Crippen LogP contribution in [0, 0.1) is 0 Å². The van der Waals surface area contributed by atoms with Crippen molar-refractivity contribution in [1.29, 1.82) is 0 Å². The standard InChI is InChI=1S/C18H26N2O5S/c1-4-20(5-2)15-8-6-14(7-9-15)17(22)25-12-16(21)19-18(3)10-11-26(23,24)13-18/h6-9H,4-5,10-13H2,1-3H3,(H,19,21)/t18-/m1/s1. The molecule has 0 radical (unpaired) electrons. The Hall–Kier alpha value is -2.09. The lowest BCUT2D eigenvalue weighted by Gasteiger charge is -2.23. The fourth-order valence-electron chi connectivity index (χ4n) is 3.09. The molecule has 2 rings (SSSR count). The SMILES string of the molecule is CCN(CC)c1ccc(C(=O)OCC(=O)N[C@]2(C)CCS(=O)(=O)C2)cc1. The second-order valence-corrected chi connectivity index (χ2v) is 8.93. The molecule has 0 aromatic heterocycles. The normalized spacial score (nSPS) is 21.2. The molecule has 1 aliphatic rings. The number of rotatable bonds is 7. The molecule has 1 aromatic rings. The maximum atomic E-state index is 12.1. The summed E-state index contributed by atoms with van der Waals surface area (Å²) < 4.78 is 28.2. The molecule has 0 saturated carbocycles. The van der Waals surface area contributed by atoms with Crippen LogP contribution in [0.15, 0.2) is 24.3 Å². The monoisotopic (exact) mass is 382 g/mol. The molecule has 1 aliphatic heterocycles. The van der Waals surface area contributed by atoms with E-state index in [9.17, 15) is 18.0 Å². The highest BCUT2D eigenvalue weighted by atomic mass is 32.2. The van der Waals surface area contributed by atoms with Crippen molar-refractivity contribution < 1.29 is 22.7 Å². The van der Waals surface area contributed by atoms with E-state index in [0.29, 0.717) is 12.0 Å². The minimum atomic E-state index is -3.12. The fourth-order valence-corrected chi connectivity index (χ4v) is 5.19. The molecule has 0 spiro atoms. The topological polar surface area (TPSA) is 92.8 Å².